The molecule has 0 fully saturated rings. The van der Waals surface area contributed by atoms with Crippen LogP contribution in [0.25, 0.3) is 11.7 Å². The van der Waals surface area contributed by atoms with Gasteiger partial charge in [-0.3, -0.25) is 0 Å². The first-order chi connectivity index (χ1) is 6.90. The van der Waals surface area contributed by atoms with E-state index >= 15 is 0 Å². The normalized spacial score (nSPS) is 10.6. The molecule has 0 radical (unpaired) electrons. The van der Waals surface area contributed by atoms with E-state index in [0.29, 0.717) is 17.5 Å². The molecule has 0 aliphatic heterocycles. The fourth-order valence-electron chi connectivity index (χ4n) is 1.09. The standard InChI is InChI=1S/C9H11N3O2/c1-10-5-4-8-11-9(14-12-8)7-3-2-6-13-7/h2-3,6,10H,4-5H2,1H3. The average molecular weight is 193 g/mol. The summed E-state index contributed by atoms with van der Waals surface area (Å²) in [4.78, 5) is 4.18. The van der Waals surface area contributed by atoms with Crippen LogP contribution < -0.4 is 5.32 Å². The van der Waals surface area contributed by atoms with Crippen molar-refractivity contribution in [1.82, 2.24) is 15.5 Å². The van der Waals surface area contributed by atoms with Gasteiger partial charge in [-0.25, -0.2) is 0 Å². The number of aromatic nitrogens is 2. The number of hydrogen-bond acceptors (Lipinski definition) is 5. The maximum atomic E-state index is 5.13. The zero-order valence-corrected chi connectivity index (χ0v) is 7.86. The smallest absolute Gasteiger partial charge is 0.293 e. The van der Waals surface area contributed by atoms with Crippen LogP contribution in [-0.2, 0) is 6.42 Å². The van der Waals surface area contributed by atoms with Gasteiger partial charge in [-0.2, -0.15) is 4.98 Å². The molecule has 2 heterocycles. The van der Waals surface area contributed by atoms with E-state index in [1.54, 1.807) is 18.4 Å². The number of nitrogens with one attached hydrogen (secondary N) is 1. The molecular formula is C9H11N3O2. The third-order valence-corrected chi connectivity index (χ3v) is 1.80. The van der Waals surface area contributed by atoms with Gasteiger partial charge in [-0.1, -0.05) is 5.16 Å². The van der Waals surface area contributed by atoms with E-state index in [0.717, 1.165) is 13.0 Å². The van der Waals surface area contributed by atoms with Crippen molar-refractivity contribution in [3.05, 3.63) is 24.2 Å². The molecule has 0 saturated heterocycles. The van der Waals surface area contributed by atoms with E-state index in [-0.39, 0.29) is 0 Å². The predicted molar refractivity (Wildman–Crippen MR) is 49.6 cm³/mol. The van der Waals surface area contributed by atoms with Crippen molar-refractivity contribution < 1.29 is 8.94 Å². The van der Waals surface area contributed by atoms with Gasteiger partial charge in [0.15, 0.2) is 11.6 Å². The largest absolute Gasteiger partial charge is 0.459 e. The van der Waals surface area contributed by atoms with Crippen LogP contribution in [0.15, 0.2) is 27.3 Å². The zero-order valence-electron chi connectivity index (χ0n) is 7.86. The Balaban J connectivity index is 2.10. The zero-order chi connectivity index (χ0) is 9.80. The number of likely N-dealkylation sites (N-methyl/N-ethyl adjacent to an activating group) is 1. The molecule has 2 aromatic rings. The van der Waals surface area contributed by atoms with E-state index in [4.69, 9.17) is 8.94 Å². The summed E-state index contributed by atoms with van der Waals surface area (Å²) >= 11 is 0. The van der Waals surface area contributed by atoms with Gasteiger partial charge in [0.05, 0.1) is 6.26 Å². The lowest BCUT2D eigenvalue weighted by Crippen LogP contribution is -2.10. The molecule has 1 N–H and O–H groups in total. The minimum atomic E-state index is 0.432. The number of furan rings is 1. The van der Waals surface area contributed by atoms with Crippen LogP contribution in [0.1, 0.15) is 5.82 Å². The van der Waals surface area contributed by atoms with Crippen molar-refractivity contribution in [2.45, 2.75) is 6.42 Å². The van der Waals surface area contributed by atoms with Gasteiger partial charge in [0.25, 0.3) is 5.89 Å². The molecular weight excluding hydrogens is 182 g/mol. The van der Waals surface area contributed by atoms with Crippen LogP contribution in [0, 0.1) is 0 Å². The van der Waals surface area contributed by atoms with E-state index in [9.17, 15) is 0 Å². The van der Waals surface area contributed by atoms with Crippen LogP contribution in [0.5, 0.6) is 0 Å². The molecule has 0 amide bonds. The average Bonchev–Trinajstić information content (AvgIpc) is 2.85. The Bertz CT molecular complexity index is 380. The Labute approximate surface area is 81.1 Å². The molecule has 0 aromatic carbocycles. The van der Waals surface area contributed by atoms with Gasteiger partial charge in [-0.05, 0) is 19.2 Å². The fourth-order valence-corrected chi connectivity index (χ4v) is 1.09. The molecule has 5 heteroatoms. The van der Waals surface area contributed by atoms with E-state index in [1.165, 1.54) is 0 Å². The van der Waals surface area contributed by atoms with E-state index in [2.05, 4.69) is 15.5 Å². The van der Waals surface area contributed by atoms with Gasteiger partial charge < -0.3 is 14.3 Å². The minimum absolute atomic E-state index is 0.432. The molecule has 0 unspecified atom stereocenters. The summed E-state index contributed by atoms with van der Waals surface area (Å²) in [7, 11) is 1.88. The molecule has 0 bridgehead atoms. The molecule has 14 heavy (non-hydrogen) atoms. The molecule has 0 saturated carbocycles. The second-order valence-electron chi connectivity index (χ2n) is 2.85. The lowest BCUT2D eigenvalue weighted by molar-refractivity contribution is 0.408. The molecule has 0 aliphatic rings. The summed E-state index contributed by atoms with van der Waals surface area (Å²) in [6.45, 7) is 0.830. The Morgan fingerprint density at radius 3 is 3.14 bits per heavy atom. The van der Waals surface area contributed by atoms with Crippen LogP contribution in [0.4, 0.5) is 0 Å². The Morgan fingerprint density at radius 1 is 1.50 bits per heavy atom. The highest BCUT2D eigenvalue weighted by Gasteiger charge is 2.09. The van der Waals surface area contributed by atoms with Crippen molar-refractivity contribution >= 4 is 0 Å². The Hall–Kier alpha value is -1.62. The monoisotopic (exact) mass is 193 g/mol. The summed E-state index contributed by atoms with van der Waals surface area (Å²) in [6.07, 6.45) is 2.33. The number of rotatable bonds is 4. The topological polar surface area (TPSA) is 64.1 Å². The molecule has 74 valence electrons. The molecule has 0 aliphatic carbocycles. The first kappa shape index (κ1) is 8.96. The minimum Gasteiger partial charge on any atom is -0.459 e. The summed E-state index contributed by atoms with van der Waals surface area (Å²) in [5.74, 6) is 1.72. The van der Waals surface area contributed by atoms with Crippen LogP contribution in [0.3, 0.4) is 0 Å². The summed E-state index contributed by atoms with van der Waals surface area (Å²) < 4.78 is 10.1. The van der Waals surface area contributed by atoms with E-state index < -0.39 is 0 Å². The van der Waals surface area contributed by atoms with Gasteiger partial charge in [-0.15, -0.1) is 0 Å². The molecule has 0 spiro atoms. The highest BCUT2D eigenvalue weighted by atomic mass is 16.5. The number of nitrogens with zero attached hydrogens (tertiary/aromatic N) is 2. The van der Waals surface area contributed by atoms with Crippen LogP contribution in [0.2, 0.25) is 0 Å². The lowest BCUT2D eigenvalue weighted by atomic mass is 10.4. The van der Waals surface area contributed by atoms with Crippen molar-refractivity contribution in [3.63, 3.8) is 0 Å². The van der Waals surface area contributed by atoms with Crippen molar-refractivity contribution in [1.29, 1.82) is 0 Å². The van der Waals surface area contributed by atoms with Crippen molar-refractivity contribution in [3.8, 4) is 11.7 Å². The summed E-state index contributed by atoms with van der Waals surface area (Å²) in [6, 6.07) is 3.57. The van der Waals surface area contributed by atoms with Crippen molar-refractivity contribution in [2.24, 2.45) is 0 Å². The van der Waals surface area contributed by atoms with Gasteiger partial charge in [0.1, 0.15) is 0 Å². The van der Waals surface area contributed by atoms with Gasteiger partial charge >= 0.3 is 0 Å². The van der Waals surface area contributed by atoms with Crippen LogP contribution in [-0.4, -0.2) is 23.7 Å². The predicted octanol–water partition coefficient (Wildman–Crippen LogP) is 1.09. The highest BCUT2D eigenvalue weighted by molar-refractivity contribution is 5.42. The summed E-state index contributed by atoms with van der Waals surface area (Å²) in [5, 5.41) is 6.84. The van der Waals surface area contributed by atoms with E-state index in [1.807, 2.05) is 7.05 Å². The van der Waals surface area contributed by atoms with Gasteiger partial charge in [0.2, 0.25) is 0 Å². The highest BCUT2D eigenvalue weighted by Crippen LogP contribution is 2.16. The molecule has 2 rings (SSSR count). The van der Waals surface area contributed by atoms with Gasteiger partial charge in [0, 0.05) is 13.0 Å². The quantitative estimate of drug-likeness (QED) is 0.787. The third kappa shape index (κ3) is 1.82. The molecule has 2 aromatic heterocycles. The first-order valence-corrected chi connectivity index (χ1v) is 4.41. The molecule has 0 atom stereocenters. The maximum absolute atomic E-state index is 5.13. The first-order valence-electron chi connectivity index (χ1n) is 4.41. The van der Waals surface area contributed by atoms with Crippen LogP contribution >= 0.6 is 0 Å². The SMILES string of the molecule is CNCCc1noc(-c2ccco2)n1. The Morgan fingerprint density at radius 2 is 2.43 bits per heavy atom. The number of hydrogen-bond donors (Lipinski definition) is 1. The van der Waals surface area contributed by atoms with Crippen molar-refractivity contribution in [2.75, 3.05) is 13.6 Å². The fraction of sp³-hybridized carbons (Fsp3) is 0.333. The lowest BCUT2D eigenvalue weighted by Gasteiger charge is -1.90. The second kappa shape index (κ2) is 4.06. The summed E-state index contributed by atoms with van der Waals surface area (Å²) in [5.41, 5.74) is 0. The Kier molecular flexibility index (Phi) is 2.60. The second-order valence-corrected chi connectivity index (χ2v) is 2.85. The molecule has 5 nitrogen and oxygen atoms in total. The third-order valence-electron chi connectivity index (χ3n) is 1.80. The maximum Gasteiger partial charge on any atom is 0.293 e.